The summed E-state index contributed by atoms with van der Waals surface area (Å²) in [5.41, 5.74) is 6.31. The number of benzene rings is 2. The fourth-order valence-corrected chi connectivity index (χ4v) is 1.50. The largest absolute Gasteiger partial charge is 0.457 e. The molecule has 4 heteroatoms. The van der Waals surface area contributed by atoms with E-state index in [1.807, 2.05) is 54.6 Å². The monoisotopic (exact) mass is 260 g/mol. The predicted molar refractivity (Wildman–Crippen MR) is 75.0 cm³/mol. The molecule has 0 unspecified atom stereocenters. The lowest BCUT2D eigenvalue weighted by Crippen LogP contribution is -2.12. The van der Waals surface area contributed by atoms with Gasteiger partial charge in [-0.3, -0.25) is 0 Å². The summed E-state index contributed by atoms with van der Waals surface area (Å²) in [6.07, 6.45) is 0. The molecule has 0 aliphatic heterocycles. The van der Waals surface area contributed by atoms with Gasteiger partial charge < -0.3 is 10.5 Å². The SMILES string of the molecule is NC(CCl)=Nc1cccc(Oc2ccccc2)c1. The van der Waals surface area contributed by atoms with Crippen LogP contribution in [0.1, 0.15) is 0 Å². The molecule has 0 fully saturated rings. The Morgan fingerprint density at radius 1 is 1.06 bits per heavy atom. The van der Waals surface area contributed by atoms with Crippen LogP contribution in [0.2, 0.25) is 0 Å². The molecule has 0 amide bonds. The van der Waals surface area contributed by atoms with Crippen LogP contribution in [-0.4, -0.2) is 11.7 Å². The number of nitrogens with zero attached hydrogens (tertiary/aromatic N) is 1. The highest BCUT2D eigenvalue weighted by atomic mass is 35.5. The maximum atomic E-state index is 5.69. The van der Waals surface area contributed by atoms with E-state index < -0.39 is 0 Å². The van der Waals surface area contributed by atoms with E-state index in [1.165, 1.54) is 0 Å². The topological polar surface area (TPSA) is 47.6 Å². The lowest BCUT2D eigenvalue weighted by molar-refractivity contribution is 0.483. The van der Waals surface area contributed by atoms with E-state index in [2.05, 4.69) is 4.99 Å². The zero-order chi connectivity index (χ0) is 12.8. The molecule has 0 heterocycles. The molecule has 2 rings (SSSR count). The molecule has 0 radical (unpaired) electrons. The summed E-state index contributed by atoms with van der Waals surface area (Å²) in [7, 11) is 0. The van der Waals surface area contributed by atoms with E-state index in [0.717, 1.165) is 11.4 Å². The number of para-hydroxylation sites is 1. The minimum atomic E-state index is 0.212. The first-order valence-corrected chi connectivity index (χ1v) is 6.03. The van der Waals surface area contributed by atoms with Crippen molar-refractivity contribution < 1.29 is 4.74 Å². The lowest BCUT2D eigenvalue weighted by atomic mass is 10.3. The van der Waals surface area contributed by atoms with Gasteiger partial charge in [0.1, 0.15) is 17.3 Å². The van der Waals surface area contributed by atoms with Crippen molar-refractivity contribution in [1.82, 2.24) is 0 Å². The second kappa shape index (κ2) is 6.07. The minimum Gasteiger partial charge on any atom is -0.457 e. The molecular weight excluding hydrogens is 248 g/mol. The van der Waals surface area contributed by atoms with Gasteiger partial charge >= 0.3 is 0 Å². The molecule has 92 valence electrons. The molecule has 0 saturated carbocycles. The summed E-state index contributed by atoms with van der Waals surface area (Å²) in [5, 5.41) is 0. The second-order valence-corrected chi connectivity index (χ2v) is 3.92. The third kappa shape index (κ3) is 3.50. The Labute approximate surface area is 111 Å². The number of nitrogens with two attached hydrogens (primary N) is 1. The normalized spacial score (nSPS) is 11.3. The molecule has 0 saturated heterocycles. The Morgan fingerprint density at radius 2 is 1.78 bits per heavy atom. The van der Waals surface area contributed by atoms with Gasteiger partial charge in [-0.05, 0) is 24.3 Å². The smallest absolute Gasteiger partial charge is 0.129 e. The van der Waals surface area contributed by atoms with Crippen molar-refractivity contribution in [2.75, 3.05) is 5.88 Å². The fourth-order valence-electron chi connectivity index (χ4n) is 1.44. The molecule has 3 nitrogen and oxygen atoms in total. The number of aliphatic imine (C=N–C) groups is 1. The average Bonchev–Trinajstić information content (AvgIpc) is 2.40. The van der Waals surface area contributed by atoms with Crippen LogP contribution >= 0.6 is 11.6 Å². The molecule has 0 aliphatic carbocycles. The average molecular weight is 261 g/mol. The van der Waals surface area contributed by atoms with E-state index in [9.17, 15) is 0 Å². The Kier molecular flexibility index (Phi) is 4.20. The molecule has 2 aromatic carbocycles. The van der Waals surface area contributed by atoms with Gasteiger partial charge in [0, 0.05) is 6.07 Å². The van der Waals surface area contributed by atoms with Gasteiger partial charge in [0.05, 0.1) is 11.6 Å². The number of hydrogen-bond acceptors (Lipinski definition) is 2. The van der Waals surface area contributed by atoms with Gasteiger partial charge in [-0.2, -0.15) is 0 Å². The summed E-state index contributed by atoms with van der Waals surface area (Å²) in [6.45, 7) is 0. The van der Waals surface area contributed by atoms with E-state index in [-0.39, 0.29) is 5.88 Å². The quantitative estimate of drug-likeness (QED) is 0.518. The molecule has 0 spiro atoms. The van der Waals surface area contributed by atoms with Crippen molar-refractivity contribution in [1.29, 1.82) is 0 Å². The highest BCUT2D eigenvalue weighted by Gasteiger charge is 1.98. The number of rotatable bonds is 4. The summed E-state index contributed by atoms with van der Waals surface area (Å²) in [4.78, 5) is 4.16. The zero-order valence-electron chi connectivity index (χ0n) is 9.71. The summed E-state index contributed by atoms with van der Waals surface area (Å²) < 4.78 is 5.69. The van der Waals surface area contributed by atoms with Gasteiger partial charge in [0.2, 0.25) is 0 Å². The van der Waals surface area contributed by atoms with Crippen LogP contribution in [0.5, 0.6) is 11.5 Å². The van der Waals surface area contributed by atoms with Gasteiger partial charge in [-0.25, -0.2) is 4.99 Å². The molecule has 0 aliphatic rings. The Balaban J connectivity index is 2.18. The van der Waals surface area contributed by atoms with Gasteiger partial charge in [-0.1, -0.05) is 24.3 Å². The molecule has 0 atom stereocenters. The third-order valence-electron chi connectivity index (χ3n) is 2.21. The fraction of sp³-hybridized carbons (Fsp3) is 0.0714. The first-order valence-electron chi connectivity index (χ1n) is 5.50. The highest BCUT2D eigenvalue weighted by molar-refractivity contribution is 6.28. The van der Waals surface area contributed by atoms with Crippen LogP contribution in [0.15, 0.2) is 59.6 Å². The molecule has 2 aromatic rings. The standard InChI is InChI=1S/C14H13ClN2O/c15-10-14(16)17-11-5-4-8-13(9-11)18-12-6-2-1-3-7-12/h1-9H,10H2,(H2,16,17). The van der Waals surface area contributed by atoms with Crippen LogP contribution in [0.3, 0.4) is 0 Å². The molecule has 18 heavy (non-hydrogen) atoms. The zero-order valence-corrected chi connectivity index (χ0v) is 10.5. The molecule has 0 aromatic heterocycles. The van der Waals surface area contributed by atoms with Crippen LogP contribution in [0, 0.1) is 0 Å². The summed E-state index contributed by atoms with van der Waals surface area (Å²) in [5.74, 6) is 2.09. The van der Waals surface area contributed by atoms with Crippen LogP contribution in [-0.2, 0) is 0 Å². The Morgan fingerprint density at radius 3 is 2.50 bits per heavy atom. The van der Waals surface area contributed by atoms with Crippen molar-refractivity contribution in [2.45, 2.75) is 0 Å². The third-order valence-corrected chi connectivity index (χ3v) is 2.48. The van der Waals surface area contributed by atoms with Crippen molar-refractivity contribution in [2.24, 2.45) is 10.7 Å². The lowest BCUT2D eigenvalue weighted by Gasteiger charge is -2.05. The highest BCUT2D eigenvalue weighted by Crippen LogP contribution is 2.25. The number of ether oxygens (including phenoxy) is 1. The summed E-state index contributed by atoms with van der Waals surface area (Å²) in [6, 6.07) is 16.9. The van der Waals surface area contributed by atoms with E-state index in [1.54, 1.807) is 0 Å². The van der Waals surface area contributed by atoms with Gasteiger partial charge in [0.15, 0.2) is 0 Å². The predicted octanol–water partition coefficient (Wildman–Crippen LogP) is 3.71. The van der Waals surface area contributed by atoms with Crippen molar-refractivity contribution in [3.63, 3.8) is 0 Å². The van der Waals surface area contributed by atoms with E-state index >= 15 is 0 Å². The van der Waals surface area contributed by atoms with Gasteiger partial charge in [0.25, 0.3) is 0 Å². The Bertz CT molecular complexity index is 541. The maximum absolute atomic E-state index is 5.69. The number of hydrogen-bond donors (Lipinski definition) is 1. The van der Waals surface area contributed by atoms with E-state index in [4.69, 9.17) is 22.1 Å². The van der Waals surface area contributed by atoms with Crippen LogP contribution in [0.4, 0.5) is 5.69 Å². The molecule has 0 bridgehead atoms. The number of halogens is 1. The van der Waals surface area contributed by atoms with Crippen molar-refractivity contribution in [3.8, 4) is 11.5 Å². The maximum Gasteiger partial charge on any atom is 0.129 e. The number of alkyl halides is 1. The molecular formula is C14H13ClN2O. The Hall–Kier alpha value is -2.00. The second-order valence-electron chi connectivity index (χ2n) is 3.65. The van der Waals surface area contributed by atoms with Crippen molar-refractivity contribution >= 4 is 23.1 Å². The first kappa shape index (κ1) is 12.5. The van der Waals surface area contributed by atoms with Crippen LogP contribution < -0.4 is 10.5 Å². The summed E-state index contributed by atoms with van der Waals surface area (Å²) >= 11 is 5.58. The number of amidine groups is 1. The minimum absolute atomic E-state index is 0.212. The van der Waals surface area contributed by atoms with E-state index in [0.29, 0.717) is 11.6 Å². The first-order chi connectivity index (χ1) is 8.78. The van der Waals surface area contributed by atoms with Crippen LogP contribution in [0.25, 0.3) is 0 Å². The van der Waals surface area contributed by atoms with Crippen molar-refractivity contribution in [3.05, 3.63) is 54.6 Å². The van der Waals surface area contributed by atoms with Gasteiger partial charge in [-0.15, -0.1) is 11.6 Å². The molecule has 2 N–H and O–H groups in total.